The van der Waals surface area contributed by atoms with Crippen molar-refractivity contribution in [1.29, 1.82) is 0 Å². The molecule has 0 aliphatic carbocycles. The fourth-order valence-electron chi connectivity index (χ4n) is 3.68. The summed E-state index contributed by atoms with van der Waals surface area (Å²) in [6.45, 7) is 4.36. The summed E-state index contributed by atoms with van der Waals surface area (Å²) >= 11 is 1.78. The minimum atomic E-state index is 0.688. The Bertz CT molecular complexity index is 638. The van der Waals surface area contributed by atoms with E-state index in [-0.39, 0.29) is 0 Å². The number of nitrogens with zero attached hydrogens (tertiary/aromatic N) is 4. The van der Waals surface area contributed by atoms with Crippen LogP contribution in [0.4, 0.5) is 5.82 Å². The van der Waals surface area contributed by atoms with Crippen LogP contribution in [0.1, 0.15) is 24.8 Å². The maximum atomic E-state index is 4.60. The number of aryl methyl sites for hydroxylation is 1. The highest BCUT2D eigenvalue weighted by Crippen LogP contribution is 2.35. The van der Waals surface area contributed by atoms with Crippen LogP contribution in [0.3, 0.4) is 0 Å². The first-order chi connectivity index (χ1) is 9.74. The average Bonchev–Trinajstić information content (AvgIpc) is 2.92. The first kappa shape index (κ1) is 12.5. The van der Waals surface area contributed by atoms with Gasteiger partial charge in [-0.15, -0.1) is 11.3 Å². The molecule has 2 atom stereocenters. The summed E-state index contributed by atoms with van der Waals surface area (Å²) in [4.78, 5) is 14.1. The molecule has 0 aromatic carbocycles. The van der Waals surface area contributed by atoms with Gasteiger partial charge in [0, 0.05) is 25.2 Å². The molecular formula is C15H20N4S. The number of likely N-dealkylation sites (N-methyl/N-ethyl adjacent to an activating group) is 1. The van der Waals surface area contributed by atoms with E-state index in [0.717, 1.165) is 30.5 Å². The lowest BCUT2D eigenvalue weighted by molar-refractivity contribution is 0.254. The highest BCUT2D eigenvalue weighted by molar-refractivity contribution is 7.18. The highest BCUT2D eigenvalue weighted by Gasteiger charge is 2.35. The second-order valence-corrected chi connectivity index (χ2v) is 6.96. The lowest BCUT2D eigenvalue weighted by Crippen LogP contribution is -2.37. The van der Waals surface area contributed by atoms with Crippen molar-refractivity contribution in [3.05, 3.63) is 17.3 Å². The number of hydrogen-bond donors (Lipinski definition) is 0. The van der Waals surface area contributed by atoms with Crippen LogP contribution < -0.4 is 4.90 Å². The topological polar surface area (TPSA) is 32.3 Å². The summed E-state index contributed by atoms with van der Waals surface area (Å²) in [5.41, 5.74) is 2.39. The third-order valence-corrected chi connectivity index (χ3v) is 6.04. The Morgan fingerprint density at radius 2 is 2.05 bits per heavy atom. The lowest BCUT2D eigenvalue weighted by atomic mass is 10.1. The lowest BCUT2D eigenvalue weighted by Gasteiger charge is -2.26. The quantitative estimate of drug-likeness (QED) is 0.807. The van der Waals surface area contributed by atoms with Crippen LogP contribution in [0.5, 0.6) is 0 Å². The summed E-state index contributed by atoms with van der Waals surface area (Å²) in [5, 5.41) is 2.19. The van der Waals surface area contributed by atoms with E-state index in [4.69, 9.17) is 0 Å². The van der Waals surface area contributed by atoms with E-state index < -0.39 is 0 Å². The van der Waals surface area contributed by atoms with Crippen LogP contribution in [0.2, 0.25) is 0 Å². The molecule has 2 aliphatic heterocycles. The van der Waals surface area contributed by atoms with Crippen LogP contribution in [0, 0.1) is 6.92 Å². The summed E-state index contributed by atoms with van der Waals surface area (Å²) in [5.74, 6) is 1.15. The molecule has 106 valence electrons. The van der Waals surface area contributed by atoms with Gasteiger partial charge in [-0.05, 0) is 44.2 Å². The number of hydrogen-bond acceptors (Lipinski definition) is 5. The van der Waals surface area contributed by atoms with E-state index in [0.29, 0.717) is 6.04 Å². The molecule has 4 heterocycles. The van der Waals surface area contributed by atoms with Crippen LogP contribution in [-0.4, -0.2) is 47.1 Å². The zero-order chi connectivity index (χ0) is 13.7. The van der Waals surface area contributed by atoms with E-state index in [1.807, 2.05) is 0 Å². The zero-order valence-corrected chi connectivity index (χ0v) is 12.9. The molecule has 0 N–H and O–H groups in total. The predicted molar refractivity (Wildman–Crippen MR) is 83.6 cm³/mol. The first-order valence-electron chi connectivity index (χ1n) is 7.39. The normalized spacial score (nSPS) is 27.2. The second-order valence-electron chi connectivity index (χ2n) is 6.08. The highest BCUT2D eigenvalue weighted by atomic mass is 32.1. The maximum Gasteiger partial charge on any atom is 0.150 e. The monoisotopic (exact) mass is 288 g/mol. The number of anilines is 1. The Morgan fingerprint density at radius 1 is 1.20 bits per heavy atom. The SMILES string of the molecule is Cc1csc2c(N3CCC4CCC(C3)N4C)ncnc12. The van der Waals surface area contributed by atoms with E-state index >= 15 is 0 Å². The van der Waals surface area contributed by atoms with Crippen molar-refractivity contribution in [3.8, 4) is 0 Å². The van der Waals surface area contributed by atoms with Gasteiger partial charge < -0.3 is 4.90 Å². The largest absolute Gasteiger partial charge is 0.354 e. The maximum absolute atomic E-state index is 4.60. The van der Waals surface area contributed by atoms with Gasteiger partial charge >= 0.3 is 0 Å². The van der Waals surface area contributed by atoms with Crippen molar-refractivity contribution in [2.24, 2.45) is 0 Å². The fraction of sp³-hybridized carbons (Fsp3) is 0.600. The summed E-state index contributed by atoms with van der Waals surface area (Å²) in [6.07, 6.45) is 5.68. The Labute approximate surface area is 123 Å². The van der Waals surface area contributed by atoms with Gasteiger partial charge in [-0.25, -0.2) is 9.97 Å². The van der Waals surface area contributed by atoms with Crippen LogP contribution in [0.25, 0.3) is 10.2 Å². The molecule has 2 fully saturated rings. The summed E-state index contributed by atoms with van der Waals surface area (Å²) in [6, 6.07) is 1.46. The number of fused-ring (bicyclic) bond motifs is 3. The molecule has 0 amide bonds. The van der Waals surface area contributed by atoms with Gasteiger partial charge in [0.25, 0.3) is 0 Å². The zero-order valence-electron chi connectivity index (χ0n) is 12.0. The van der Waals surface area contributed by atoms with Gasteiger partial charge in [-0.2, -0.15) is 0 Å². The number of thiophene rings is 1. The van der Waals surface area contributed by atoms with Gasteiger partial charge in [0.15, 0.2) is 0 Å². The Kier molecular flexibility index (Phi) is 2.93. The molecular weight excluding hydrogens is 268 g/mol. The van der Waals surface area contributed by atoms with Crippen molar-refractivity contribution < 1.29 is 0 Å². The summed E-state index contributed by atoms with van der Waals surface area (Å²) in [7, 11) is 2.29. The van der Waals surface area contributed by atoms with Crippen molar-refractivity contribution in [2.45, 2.75) is 38.3 Å². The first-order valence-corrected chi connectivity index (χ1v) is 8.27. The molecule has 2 unspecified atom stereocenters. The molecule has 5 heteroatoms. The average molecular weight is 288 g/mol. The molecule has 20 heavy (non-hydrogen) atoms. The predicted octanol–water partition coefficient (Wildman–Crippen LogP) is 2.67. The van der Waals surface area contributed by atoms with E-state index in [1.54, 1.807) is 17.7 Å². The third kappa shape index (κ3) is 1.84. The van der Waals surface area contributed by atoms with Crippen molar-refractivity contribution >= 4 is 27.4 Å². The molecule has 4 nitrogen and oxygen atoms in total. The molecule has 0 radical (unpaired) electrons. The van der Waals surface area contributed by atoms with Gasteiger partial charge in [0.1, 0.15) is 12.1 Å². The van der Waals surface area contributed by atoms with E-state index in [1.165, 1.54) is 29.5 Å². The van der Waals surface area contributed by atoms with E-state index in [9.17, 15) is 0 Å². The molecule has 2 aliphatic rings. The van der Waals surface area contributed by atoms with Crippen LogP contribution in [-0.2, 0) is 0 Å². The molecule has 0 saturated carbocycles. The van der Waals surface area contributed by atoms with Gasteiger partial charge in [-0.1, -0.05) is 0 Å². The number of aromatic nitrogens is 2. The van der Waals surface area contributed by atoms with Gasteiger partial charge in [0.2, 0.25) is 0 Å². The molecule has 2 aromatic rings. The Morgan fingerprint density at radius 3 is 2.95 bits per heavy atom. The molecule has 4 rings (SSSR count). The van der Waals surface area contributed by atoms with Crippen molar-refractivity contribution in [1.82, 2.24) is 14.9 Å². The smallest absolute Gasteiger partial charge is 0.150 e. The molecule has 2 aromatic heterocycles. The Hall–Kier alpha value is -1.20. The minimum absolute atomic E-state index is 0.688. The van der Waals surface area contributed by atoms with Gasteiger partial charge in [0.05, 0.1) is 10.2 Å². The second kappa shape index (κ2) is 4.67. The fourth-order valence-corrected chi connectivity index (χ4v) is 4.70. The Balaban J connectivity index is 1.72. The molecule has 0 spiro atoms. The van der Waals surface area contributed by atoms with Crippen LogP contribution in [0.15, 0.2) is 11.7 Å². The standard InChI is InChI=1S/C15H20N4S/c1-10-8-20-14-13(10)16-9-17-15(14)19-6-5-11-3-4-12(7-19)18(11)2/h8-9,11-12H,3-7H2,1-2H3. The summed E-state index contributed by atoms with van der Waals surface area (Å²) < 4.78 is 1.26. The van der Waals surface area contributed by atoms with Crippen molar-refractivity contribution in [3.63, 3.8) is 0 Å². The van der Waals surface area contributed by atoms with E-state index in [2.05, 4.69) is 39.1 Å². The van der Waals surface area contributed by atoms with Crippen molar-refractivity contribution in [2.75, 3.05) is 25.0 Å². The van der Waals surface area contributed by atoms with Gasteiger partial charge in [-0.3, -0.25) is 4.90 Å². The molecule has 2 bridgehead atoms. The minimum Gasteiger partial charge on any atom is -0.354 e. The molecule has 2 saturated heterocycles. The third-order valence-electron chi connectivity index (χ3n) is 4.96. The van der Waals surface area contributed by atoms with Crippen LogP contribution >= 0.6 is 11.3 Å². The number of rotatable bonds is 1.